The Morgan fingerprint density at radius 2 is 1.75 bits per heavy atom. The first-order valence-corrected chi connectivity index (χ1v) is 7.28. The van der Waals surface area contributed by atoms with E-state index in [4.69, 9.17) is 23.8 Å². The van der Waals surface area contributed by atoms with Crippen LogP contribution in [0.1, 0.15) is 24.1 Å². The molecule has 0 spiro atoms. The van der Waals surface area contributed by atoms with Crippen LogP contribution in [0.25, 0.3) is 0 Å². The minimum Gasteiger partial charge on any atom is -0.359 e. The van der Waals surface area contributed by atoms with Crippen molar-refractivity contribution in [3.8, 4) is 0 Å². The Morgan fingerprint density at radius 1 is 1.10 bits per heavy atom. The topological polar surface area (TPSA) is 24.1 Å². The van der Waals surface area contributed by atoms with Crippen LogP contribution < -0.4 is 10.6 Å². The first-order chi connectivity index (χ1) is 9.66. The van der Waals surface area contributed by atoms with Crippen LogP contribution in [0.3, 0.4) is 0 Å². The van der Waals surface area contributed by atoms with E-state index in [1.54, 1.807) is 0 Å². The number of hydrogen-bond acceptors (Lipinski definition) is 1. The van der Waals surface area contributed by atoms with Crippen molar-refractivity contribution in [2.45, 2.75) is 19.5 Å². The van der Waals surface area contributed by atoms with E-state index in [0.717, 1.165) is 10.6 Å². The summed E-state index contributed by atoms with van der Waals surface area (Å²) in [6, 6.07) is 18.1. The molecule has 2 N–H and O–H groups in total. The zero-order valence-electron chi connectivity index (χ0n) is 11.3. The molecule has 0 amide bonds. The second-order valence-electron chi connectivity index (χ2n) is 4.55. The average molecular weight is 305 g/mol. The van der Waals surface area contributed by atoms with Crippen molar-refractivity contribution in [1.82, 2.24) is 10.6 Å². The molecule has 0 aliphatic rings. The fourth-order valence-electron chi connectivity index (χ4n) is 1.89. The van der Waals surface area contributed by atoms with Crippen LogP contribution >= 0.6 is 23.8 Å². The zero-order chi connectivity index (χ0) is 14.4. The van der Waals surface area contributed by atoms with E-state index in [2.05, 4.69) is 29.7 Å². The van der Waals surface area contributed by atoms with Gasteiger partial charge in [0.2, 0.25) is 0 Å². The number of rotatable bonds is 4. The van der Waals surface area contributed by atoms with Crippen molar-refractivity contribution < 1.29 is 0 Å². The molecule has 1 atom stereocenters. The van der Waals surface area contributed by atoms with Gasteiger partial charge in [0.25, 0.3) is 0 Å². The molecule has 20 heavy (non-hydrogen) atoms. The summed E-state index contributed by atoms with van der Waals surface area (Å²) in [5.41, 5.74) is 2.24. The maximum absolute atomic E-state index is 6.11. The fourth-order valence-corrected chi connectivity index (χ4v) is 2.34. The van der Waals surface area contributed by atoms with Crippen molar-refractivity contribution in [3.63, 3.8) is 0 Å². The first kappa shape index (κ1) is 14.8. The molecule has 2 nitrogen and oxygen atoms in total. The van der Waals surface area contributed by atoms with Gasteiger partial charge in [-0.15, -0.1) is 0 Å². The van der Waals surface area contributed by atoms with Gasteiger partial charge in [0.15, 0.2) is 5.11 Å². The molecular weight excluding hydrogens is 288 g/mol. The van der Waals surface area contributed by atoms with Gasteiger partial charge in [0.05, 0.1) is 6.04 Å². The van der Waals surface area contributed by atoms with Crippen LogP contribution in [0.2, 0.25) is 5.02 Å². The Hall–Kier alpha value is -1.58. The minimum absolute atomic E-state index is 0.169. The van der Waals surface area contributed by atoms with Crippen molar-refractivity contribution in [2.75, 3.05) is 0 Å². The van der Waals surface area contributed by atoms with Gasteiger partial charge in [0, 0.05) is 11.6 Å². The molecule has 0 heterocycles. The van der Waals surface area contributed by atoms with Crippen molar-refractivity contribution in [3.05, 3.63) is 70.7 Å². The fraction of sp³-hybridized carbons (Fsp3) is 0.188. The quantitative estimate of drug-likeness (QED) is 0.833. The first-order valence-electron chi connectivity index (χ1n) is 6.49. The summed E-state index contributed by atoms with van der Waals surface area (Å²) in [7, 11) is 0. The summed E-state index contributed by atoms with van der Waals surface area (Å²) in [5.74, 6) is 0. The molecule has 1 unspecified atom stereocenters. The predicted octanol–water partition coefficient (Wildman–Crippen LogP) is 4.07. The Morgan fingerprint density at radius 3 is 2.45 bits per heavy atom. The summed E-state index contributed by atoms with van der Waals surface area (Å²) in [6.45, 7) is 2.70. The highest BCUT2D eigenvalue weighted by molar-refractivity contribution is 7.80. The van der Waals surface area contributed by atoms with Crippen LogP contribution in [-0.4, -0.2) is 5.11 Å². The monoisotopic (exact) mass is 304 g/mol. The lowest BCUT2D eigenvalue weighted by Crippen LogP contribution is -2.36. The van der Waals surface area contributed by atoms with Crippen LogP contribution in [0.15, 0.2) is 54.6 Å². The van der Waals surface area contributed by atoms with E-state index in [1.807, 2.05) is 42.5 Å². The number of thiocarbonyl (C=S) groups is 1. The number of nitrogens with one attached hydrogen (secondary N) is 2. The van der Waals surface area contributed by atoms with Gasteiger partial charge in [-0.25, -0.2) is 0 Å². The molecule has 0 fully saturated rings. The Bertz CT molecular complexity index is 572. The van der Waals surface area contributed by atoms with Gasteiger partial charge in [-0.2, -0.15) is 0 Å². The van der Waals surface area contributed by atoms with E-state index in [9.17, 15) is 0 Å². The number of halogens is 1. The van der Waals surface area contributed by atoms with Crippen molar-refractivity contribution in [1.29, 1.82) is 0 Å². The molecule has 0 saturated carbocycles. The van der Waals surface area contributed by atoms with Gasteiger partial charge >= 0.3 is 0 Å². The Kier molecular flexibility index (Phi) is 5.39. The normalized spacial score (nSPS) is 11.7. The molecule has 0 aliphatic carbocycles. The average Bonchev–Trinajstić information content (AvgIpc) is 2.47. The lowest BCUT2D eigenvalue weighted by Gasteiger charge is -2.17. The van der Waals surface area contributed by atoms with E-state index in [1.165, 1.54) is 5.56 Å². The molecule has 0 aromatic heterocycles. The van der Waals surface area contributed by atoms with Gasteiger partial charge in [-0.1, -0.05) is 60.1 Å². The van der Waals surface area contributed by atoms with Crippen molar-refractivity contribution in [2.24, 2.45) is 0 Å². The SMILES string of the molecule is CC(NC(=S)NCc1ccccc1Cl)c1ccccc1. The Labute approximate surface area is 130 Å². The highest BCUT2D eigenvalue weighted by Crippen LogP contribution is 2.14. The lowest BCUT2D eigenvalue weighted by atomic mass is 10.1. The van der Waals surface area contributed by atoms with Crippen LogP contribution in [0.4, 0.5) is 0 Å². The van der Waals surface area contributed by atoms with Gasteiger partial charge in [-0.05, 0) is 36.3 Å². The van der Waals surface area contributed by atoms with Crippen LogP contribution in [0, 0.1) is 0 Å². The van der Waals surface area contributed by atoms with E-state index < -0.39 is 0 Å². The molecule has 0 saturated heterocycles. The van der Waals surface area contributed by atoms with Gasteiger partial charge in [0.1, 0.15) is 0 Å². The highest BCUT2D eigenvalue weighted by Gasteiger charge is 2.06. The molecular formula is C16H17ClN2S. The van der Waals surface area contributed by atoms with E-state index >= 15 is 0 Å². The summed E-state index contributed by atoms with van der Waals surface area (Å²) >= 11 is 11.4. The van der Waals surface area contributed by atoms with Crippen molar-refractivity contribution >= 4 is 28.9 Å². The maximum atomic E-state index is 6.11. The lowest BCUT2D eigenvalue weighted by molar-refractivity contribution is 0.698. The van der Waals surface area contributed by atoms with Crippen LogP contribution in [0.5, 0.6) is 0 Å². The highest BCUT2D eigenvalue weighted by atomic mass is 35.5. The van der Waals surface area contributed by atoms with Gasteiger partial charge in [-0.3, -0.25) is 0 Å². The zero-order valence-corrected chi connectivity index (χ0v) is 12.8. The van der Waals surface area contributed by atoms with Gasteiger partial charge < -0.3 is 10.6 Å². The third kappa shape index (κ3) is 4.22. The molecule has 2 rings (SSSR count). The molecule has 104 valence electrons. The summed E-state index contributed by atoms with van der Waals surface area (Å²) in [4.78, 5) is 0. The summed E-state index contributed by atoms with van der Waals surface area (Å²) in [5, 5.41) is 7.81. The Balaban J connectivity index is 1.86. The third-order valence-corrected chi connectivity index (χ3v) is 3.68. The summed E-state index contributed by atoms with van der Waals surface area (Å²) < 4.78 is 0. The maximum Gasteiger partial charge on any atom is 0.167 e. The molecule has 2 aromatic rings. The van der Waals surface area contributed by atoms with Crippen LogP contribution in [-0.2, 0) is 6.54 Å². The molecule has 4 heteroatoms. The predicted molar refractivity (Wildman–Crippen MR) is 88.9 cm³/mol. The third-order valence-electron chi connectivity index (χ3n) is 3.04. The molecule has 0 aliphatic heterocycles. The van der Waals surface area contributed by atoms with E-state index in [0.29, 0.717) is 11.7 Å². The minimum atomic E-state index is 0.169. The smallest absolute Gasteiger partial charge is 0.167 e. The molecule has 0 bridgehead atoms. The summed E-state index contributed by atoms with van der Waals surface area (Å²) in [6.07, 6.45) is 0. The number of benzene rings is 2. The second-order valence-corrected chi connectivity index (χ2v) is 5.37. The standard InChI is InChI=1S/C16H17ClN2S/c1-12(13-7-3-2-4-8-13)19-16(20)18-11-14-9-5-6-10-15(14)17/h2-10,12H,11H2,1H3,(H2,18,19,20). The molecule has 0 radical (unpaired) electrons. The largest absolute Gasteiger partial charge is 0.359 e. The second kappa shape index (κ2) is 7.27. The molecule has 2 aromatic carbocycles. The van der Waals surface area contributed by atoms with E-state index in [-0.39, 0.29) is 6.04 Å². The number of hydrogen-bond donors (Lipinski definition) is 2.